The Kier molecular flexibility index (Phi) is 47.2. The molecule has 3 unspecified atom stereocenters. The Bertz CT molecular complexity index is 1580. The average Bonchev–Trinajstić information content (AvgIpc) is 3.31. The monoisotopic (exact) mass is 977 g/mol. The largest absolute Gasteiger partial charge is 0.756 e. The molecule has 0 bridgehead atoms. The van der Waals surface area contributed by atoms with Gasteiger partial charge in [0.1, 0.15) is 13.2 Å². The van der Waals surface area contributed by atoms with Crippen LogP contribution in [-0.2, 0) is 18.4 Å². The van der Waals surface area contributed by atoms with Crippen molar-refractivity contribution in [2.75, 3.05) is 40.9 Å². The summed E-state index contributed by atoms with van der Waals surface area (Å²) in [4.78, 5) is 25.4. The zero-order valence-electron chi connectivity index (χ0n) is 44.5. The standard InChI is InChI=1S/C60H101N2O6P/c1-6-8-10-12-14-16-18-20-22-23-24-25-26-27-28-29-30-31-32-33-34-35-36-37-38-39-40-42-44-46-48-50-52-54-60(64)61-58(57-68-69(65,66)67-56-55-62(3,4)5)59(63)53-51-49-47-45-43-41-21-19-17-15-13-11-9-7-2/h8,10,14,16-17,19-20,22,24-25,27-28,30-31,33-34,36-37,43,45,51,53,58-59,63H,6-7,9,11-13,15,18,21,23,26,29,32,35,38-42,44,46-50,52,54-57H2,1-5H3,(H-,61,64,65,66)/b10-8-,16-14-,19-17+,22-20-,25-24-,28-27-,31-30-,34-33-,37-36-,45-43+,53-51+. The molecular formula is C60H101N2O6P. The summed E-state index contributed by atoms with van der Waals surface area (Å²) < 4.78 is 23.2. The summed E-state index contributed by atoms with van der Waals surface area (Å²) in [6.07, 6.45) is 75.2. The number of rotatable bonds is 47. The fraction of sp³-hybridized carbons (Fsp3) is 0.617. The number of phosphoric ester groups is 1. The van der Waals surface area contributed by atoms with Gasteiger partial charge in [-0.1, -0.05) is 205 Å². The number of carbonyl (C=O) groups excluding carboxylic acids is 1. The van der Waals surface area contributed by atoms with Crippen LogP contribution >= 0.6 is 7.82 Å². The number of amides is 1. The maximum absolute atomic E-state index is 12.9. The summed E-state index contributed by atoms with van der Waals surface area (Å²) in [5, 5.41) is 13.8. The summed E-state index contributed by atoms with van der Waals surface area (Å²) in [6.45, 7) is 4.45. The number of aliphatic hydroxyl groups excluding tert-OH is 1. The van der Waals surface area contributed by atoms with Gasteiger partial charge in [-0.3, -0.25) is 9.36 Å². The molecule has 0 rings (SSSR count). The SMILES string of the molecule is CC/C=C\C/C=C\C/C=C\C/C=C\C/C=C\C/C=C\C/C=C\C/C=C\CCCCCCCCCCC(=O)NC(COP(=O)([O-])OCC[N+](C)(C)C)C(O)/C=C/CC/C=C/CC/C=C/CCCCCC. The second-order valence-electron chi connectivity index (χ2n) is 18.8. The summed E-state index contributed by atoms with van der Waals surface area (Å²) in [7, 11) is 1.21. The van der Waals surface area contributed by atoms with E-state index in [1.165, 1.54) is 51.4 Å². The number of aliphatic hydroxyl groups is 1. The molecule has 0 saturated heterocycles. The van der Waals surface area contributed by atoms with E-state index in [0.717, 1.165) is 116 Å². The van der Waals surface area contributed by atoms with Gasteiger partial charge in [-0.15, -0.1) is 0 Å². The predicted molar refractivity (Wildman–Crippen MR) is 297 cm³/mol. The molecule has 0 fully saturated rings. The first-order valence-corrected chi connectivity index (χ1v) is 28.5. The van der Waals surface area contributed by atoms with Gasteiger partial charge in [-0.05, 0) is 109 Å². The molecule has 0 saturated carbocycles. The highest BCUT2D eigenvalue weighted by molar-refractivity contribution is 7.45. The van der Waals surface area contributed by atoms with Crippen molar-refractivity contribution in [1.82, 2.24) is 5.32 Å². The third kappa shape index (κ3) is 52.3. The molecule has 3 atom stereocenters. The first kappa shape index (κ1) is 65.6. The molecule has 0 heterocycles. The number of carbonyl (C=O) groups is 1. The van der Waals surface area contributed by atoms with E-state index in [4.69, 9.17) is 9.05 Å². The molecule has 0 aliphatic rings. The molecule has 392 valence electrons. The van der Waals surface area contributed by atoms with Crippen molar-refractivity contribution in [3.63, 3.8) is 0 Å². The van der Waals surface area contributed by atoms with Crippen LogP contribution in [0.1, 0.15) is 187 Å². The van der Waals surface area contributed by atoms with Crippen molar-refractivity contribution < 1.29 is 32.9 Å². The Balaban J connectivity index is 4.26. The number of nitrogens with zero attached hydrogens (tertiary/aromatic N) is 1. The molecule has 0 aliphatic carbocycles. The third-order valence-electron chi connectivity index (χ3n) is 11.1. The molecule has 69 heavy (non-hydrogen) atoms. The van der Waals surface area contributed by atoms with E-state index in [0.29, 0.717) is 17.4 Å². The molecule has 0 spiro atoms. The molecule has 1 amide bonds. The van der Waals surface area contributed by atoms with Crippen LogP contribution in [0.3, 0.4) is 0 Å². The Morgan fingerprint density at radius 1 is 0.522 bits per heavy atom. The minimum atomic E-state index is -4.62. The minimum absolute atomic E-state index is 0.0182. The maximum atomic E-state index is 12.9. The van der Waals surface area contributed by atoms with Crippen molar-refractivity contribution >= 4 is 13.7 Å². The number of nitrogens with one attached hydrogen (secondary N) is 1. The van der Waals surface area contributed by atoms with E-state index in [1.807, 2.05) is 27.2 Å². The van der Waals surface area contributed by atoms with Crippen LogP contribution in [0.2, 0.25) is 0 Å². The number of phosphoric acid groups is 1. The van der Waals surface area contributed by atoms with Gasteiger partial charge in [0.05, 0.1) is 39.9 Å². The number of quaternary nitrogens is 1. The number of hydrogen-bond donors (Lipinski definition) is 2. The predicted octanol–water partition coefficient (Wildman–Crippen LogP) is 15.7. The van der Waals surface area contributed by atoms with Gasteiger partial charge in [0.15, 0.2) is 0 Å². The van der Waals surface area contributed by atoms with Crippen LogP contribution in [-0.4, -0.2) is 68.5 Å². The summed E-state index contributed by atoms with van der Waals surface area (Å²) in [6, 6.07) is -0.923. The molecule has 0 radical (unpaired) electrons. The van der Waals surface area contributed by atoms with Gasteiger partial charge in [0.2, 0.25) is 5.91 Å². The lowest BCUT2D eigenvalue weighted by Crippen LogP contribution is -2.45. The van der Waals surface area contributed by atoms with Crippen molar-refractivity contribution in [1.29, 1.82) is 0 Å². The van der Waals surface area contributed by atoms with Crippen LogP contribution in [0.5, 0.6) is 0 Å². The van der Waals surface area contributed by atoms with Crippen LogP contribution in [0.15, 0.2) is 134 Å². The van der Waals surface area contributed by atoms with Crippen LogP contribution in [0, 0.1) is 0 Å². The van der Waals surface area contributed by atoms with E-state index in [2.05, 4.69) is 141 Å². The fourth-order valence-electron chi connectivity index (χ4n) is 6.85. The Morgan fingerprint density at radius 3 is 1.35 bits per heavy atom. The van der Waals surface area contributed by atoms with Gasteiger partial charge in [0, 0.05) is 6.42 Å². The number of unbranched alkanes of at least 4 members (excludes halogenated alkanes) is 14. The van der Waals surface area contributed by atoms with Gasteiger partial charge in [-0.2, -0.15) is 0 Å². The number of hydrogen-bond acceptors (Lipinski definition) is 6. The molecule has 0 aliphatic heterocycles. The van der Waals surface area contributed by atoms with Gasteiger partial charge < -0.3 is 28.8 Å². The summed E-state index contributed by atoms with van der Waals surface area (Å²) in [5.41, 5.74) is 0. The summed E-state index contributed by atoms with van der Waals surface area (Å²) >= 11 is 0. The quantitative estimate of drug-likeness (QED) is 0.0272. The molecule has 9 heteroatoms. The Hall–Kier alpha value is -3.36. The highest BCUT2D eigenvalue weighted by Crippen LogP contribution is 2.38. The number of likely N-dealkylation sites (N-methyl/N-ethyl adjacent to an activating group) is 1. The first-order chi connectivity index (χ1) is 33.5. The summed E-state index contributed by atoms with van der Waals surface area (Å²) in [5.74, 6) is -0.228. The number of allylic oxidation sites excluding steroid dienone is 21. The normalized spacial score (nSPS) is 15.1. The third-order valence-corrected chi connectivity index (χ3v) is 12.0. The highest BCUT2D eigenvalue weighted by Gasteiger charge is 2.23. The topological polar surface area (TPSA) is 108 Å². The van der Waals surface area contributed by atoms with Crippen molar-refractivity contribution in [2.24, 2.45) is 0 Å². The van der Waals surface area contributed by atoms with Crippen molar-refractivity contribution in [3.8, 4) is 0 Å². The minimum Gasteiger partial charge on any atom is -0.756 e. The Morgan fingerprint density at radius 2 is 0.899 bits per heavy atom. The van der Waals surface area contributed by atoms with Crippen molar-refractivity contribution in [3.05, 3.63) is 134 Å². The first-order valence-electron chi connectivity index (χ1n) is 27.0. The average molecular weight is 977 g/mol. The van der Waals surface area contributed by atoms with Gasteiger partial charge >= 0.3 is 0 Å². The zero-order valence-corrected chi connectivity index (χ0v) is 45.3. The van der Waals surface area contributed by atoms with E-state index in [-0.39, 0.29) is 12.5 Å². The molecule has 2 N–H and O–H groups in total. The van der Waals surface area contributed by atoms with Crippen molar-refractivity contribution in [2.45, 2.75) is 199 Å². The Labute approximate surface area is 424 Å². The molecule has 0 aromatic carbocycles. The van der Waals surface area contributed by atoms with E-state index >= 15 is 0 Å². The van der Waals surface area contributed by atoms with E-state index in [1.54, 1.807) is 6.08 Å². The van der Waals surface area contributed by atoms with E-state index < -0.39 is 26.6 Å². The van der Waals surface area contributed by atoms with Crippen LogP contribution < -0.4 is 10.2 Å². The molecular weight excluding hydrogens is 876 g/mol. The smallest absolute Gasteiger partial charge is 0.268 e. The molecule has 0 aromatic rings. The second-order valence-corrected chi connectivity index (χ2v) is 20.2. The lowest BCUT2D eigenvalue weighted by Gasteiger charge is -2.29. The van der Waals surface area contributed by atoms with Crippen LogP contribution in [0.25, 0.3) is 0 Å². The second kappa shape index (κ2) is 49.6. The lowest BCUT2D eigenvalue weighted by molar-refractivity contribution is -0.870. The highest BCUT2D eigenvalue weighted by atomic mass is 31.2. The van der Waals surface area contributed by atoms with Crippen LogP contribution in [0.4, 0.5) is 0 Å². The maximum Gasteiger partial charge on any atom is 0.268 e. The van der Waals surface area contributed by atoms with Gasteiger partial charge in [-0.25, -0.2) is 0 Å². The zero-order chi connectivity index (χ0) is 50.6. The lowest BCUT2D eigenvalue weighted by atomic mass is 10.1. The molecule has 8 nitrogen and oxygen atoms in total. The fourth-order valence-corrected chi connectivity index (χ4v) is 7.57. The van der Waals surface area contributed by atoms with Gasteiger partial charge in [0.25, 0.3) is 7.82 Å². The van der Waals surface area contributed by atoms with E-state index in [9.17, 15) is 19.4 Å². The molecule has 0 aromatic heterocycles.